The highest BCUT2D eigenvalue weighted by atomic mass is 79.9. The van der Waals surface area contributed by atoms with E-state index < -0.39 is 0 Å². The first-order valence-corrected chi connectivity index (χ1v) is 7.38. The average Bonchev–Trinajstić information content (AvgIpc) is 2.54. The number of carbonyl (C=O) groups is 2. The van der Waals surface area contributed by atoms with Crippen LogP contribution < -0.4 is 15.4 Å². The number of rotatable bonds is 5. The maximum absolute atomic E-state index is 11.9. The Morgan fingerprint density at radius 1 is 1.14 bits per heavy atom. The first-order chi connectivity index (χ1) is 10.6. The molecule has 0 aliphatic heterocycles. The molecule has 0 aromatic heterocycles. The Hall–Kier alpha value is -2.34. The van der Waals surface area contributed by atoms with Crippen LogP contribution in [0, 0.1) is 0 Å². The number of hydrogen-bond donors (Lipinski definition) is 2. The molecule has 2 aromatic rings. The largest absolute Gasteiger partial charge is 0.484 e. The molecule has 0 aliphatic rings. The molecule has 0 unspecified atom stereocenters. The van der Waals surface area contributed by atoms with Crippen LogP contribution in [0.3, 0.4) is 0 Å². The van der Waals surface area contributed by atoms with Gasteiger partial charge in [-0.25, -0.2) is 0 Å². The van der Waals surface area contributed by atoms with Crippen LogP contribution in [-0.4, -0.2) is 25.5 Å². The highest BCUT2D eigenvalue weighted by molar-refractivity contribution is 9.10. The maximum Gasteiger partial charge on any atom is 0.262 e. The number of hydrogen-bond acceptors (Lipinski definition) is 3. The fourth-order valence-electron chi connectivity index (χ4n) is 1.76. The molecule has 0 radical (unpaired) electrons. The zero-order valence-electron chi connectivity index (χ0n) is 11.9. The van der Waals surface area contributed by atoms with Crippen molar-refractivity contribution in [1.82, 2.24) is 5.32 Å². The fraction of sp³-hybridized carbons (Fsp3) is 0.125. The second kappa shape index (κ2) is 7.61. The maximum atomic E-state index is 11.9. The van der Waals surface area contributed by atoms with E-state index in [-0.39, 0.29) is 18.4 Å². The molecule has 5 nitrogen and oxygen atoms in total. The normalized spacial score (nSPS) is 9.91. The monoisotopic (exact) mass is 362 g/mol. The van der Waals surface area contributed by atoms with Gasteiger partial charge in [0.1, 0.15) is 5.75 Å². The van der Waals surface area contributed by atoms with Gasteiger partial charge in [0, 0.05) is 22.8 Å². The molecule has 2 aromatic carbocycles. The van der Waals surface area contributed by atoms with Gasteiger partial charge in [-0.1, -0.05) is 22.0 Å². The molecular formula is C16H15BrN2O3. The van der Waals surface area contributed by atoms with Gasteiger partial charge in [0.2, 0.25) is 0 Å². The molecule has 114 valence electrons. The predicted molar refractivity (Wildman–Crippen MR) is 88.1 cm³/mol. The summed E-state index contributed by atoms with van der Waals surface area (Å²) in [5.74, 6) is 0.108. The van der Waals surface area contributed by atoms with Crippen LogP contribution in [0.15, 0.2) is 53.0 Å². The summed E-state index contributed by atoms with van der Waals surface area (Å²) in [6, 6.07) is 13.9. The zero-order valence-corrected chi connectivity index (χ0v) is 13.5. The van der Waals surface area contributed by atoms with Crippen LogP contribution in [0.4, 0.5) is 5.69 Å². The highest BCUT2D eigenvalue weighted by Gasteiger charge is 2.07. The van der Waals surface area contributed by atoms with E-state index in [1.54, 1.807) is 43.4 Å². The smallest absolute Gasteiger partial charge is 0.262 e. The van der Waals surface area contributed by atoms with E-state index in [4.69, 9.17) is 4.74 Å². The first-order valence-electron chi connectivity index (χ1n) is 6.59. The predicted octanol–water partition coefficient (Wildman–Crippen LogP) is 2.83. The summed E-state index contributed by atoms with van der Waals surface area (Å²) in [5, 5.41) is 5.22. The van der Waals surface area contributed by atoms with Gasteiger partial charge < -0.3 is 15.4 Å². The highest BCUT2D eigenvalue weighted by Crippen LogP contribution is 2.16. The molecule has 2 rings (SSSR count). The molecule has 2 N–H and O–H groups in total. The lowest BCUT2D eigenvalue weighted by atomic mass is 10.2. The fourth-order valence-corrected chi connectivity index (χ4v) is 2.02. The summed E-state index contributed by atoms with van der Waals surface area (Å²) >= 11 is 3.33. The zero-order chi connectivity index (χ0) is 15.9. The first kappa shape index (κ1) is 16.0. The van der Waals surface area contributed by atoms with E-state index >= 15 is 0 Å². The number of carbonyl (C=O) groups excluding carboxylic acids is 2. The Kier molecular flexibility index (Phi) is 5.55. The number of benzene rings is 2. The van der Waals surface area contributed by atoms with E-state index in [9.17, 15) is 9.59 Å². The van der Waals surface area contributed by atoms with Crippen LogP contribution in [0.5, 0.6) is 5.75 Å². The quantitative estimate of drug-likeness (QED) is 0.859. The van der Waals surface area contributed by atoms with Crippen molar-refractivity contribution in [2.45, 2.75) is 0 Å². The van der Waals surface area contributed by atoms with Gasteiger partial charge in [0.05, 0.1) is 0 Å². The van der Waals surface area contributed by atoms with Gasteiger partial charge in [0.25, 0.3) is 11.8 Å². The summed E-state index contributed by atoms with van der Waals surface area (Å²) in [6.07, 6.45) is 0. The van der Waals surface area contributed by atoms with E-state index in [1.165, 1.54) is 0 Å². The van der Waals surface area contributed by atoms with Gasteiger partial charge >= 0.3 is 0 Å². The van der Waals surface area contributed by atoms with Crippen molar-refractivity contribution >= 4 is 33.4 Å². The molecule has 0 fully saturated rings. The molecule has 0 saturated carbocycles. The summed E-state index contributed by atoms with van der Waals surface area (Å²) in [5.41, 5.74) is 1.03. The Labute approximate surface area is 136 Å². The minimum atomic E-state index is -0.294. The van der Waals surface area contributed by atoms with E-state index in [0.717, 1.165) is 4.47 Å². The summed E-state index contributed by atoms with van der Waals surface area (Å²) < 4.78 is 6.32. The Bertz CT molecular complexity index is 671. The van der Waals surface area contributed by atoms with Crippen LogP contribution in [-0.2, 0) is 4.79 Å². The van der Waals surface area contributed by atoms with E-state index in [1.807, 2.05) is 12.1 Å². The summed E-state index contributed by atoms with van der Waals surface area (Å²) in [6.45, 7) is -0.105. The number of ether oxygens (including phenoxy) is 1. The van der Waals surface area contributed by atoms with Gasteiger partial charge in [-0.15, -0.1) is 0 Å². The number of anilines is 1. The van der Waals surface area contributed by atoms with Crippen LogP contribution in [0.1, 0.15) is 10.4 Å². The van der Waals surface area contributed by atoms with E-state index in [2.05, 4.69) is 26.6 Å². The third-order valence-corrected chi connectivity index (χ3v) is 3.35. The van der Waals surface area contributed by atoms with Crippen molar-refractivity contribution in [3.05, 3.63) is 58.6 Å². The van der Waals surface area contributed by atoms with Crippen molar-refractivity contribution in [1.29, 1.82) is 0 Å². The van der Waals surface area contributed by atoms with Crippen LogP contribution >= 0.6 is 15.9 Å². The topological polar surface area (TPSA) is 67.4 Å². The molecule has 0 heterocycles. The number of nitrogens with one attached hydrogen (secondary N) is 2. The second-order valence-electron chi connectivity index (χ2n) is 4.45. The third kappa shape index (κ3) is 4.60. The van der Waals surface area contributed by atoms with Gasteiger partial charge in [-0.2, -0.15) is 0 Å². The van der Waals surface area contributed by atoms with Crippen LogP contribution in [0.2, 0.25) is 0 Å². The van der Waals surface area contributed by atoms with Crippen LogP contribution in [0.25, 0.3) is 0 Å². The van der Waals surface area contributed by atoms with Gasteiger partial charge in [-0.05, 0) is 42.5 Å². The Balaban J connectivity index is 1.91. The van der Waals surface area contributed by atoms with Crippen molar-refractivity contribution in [3.63, 3.8) is 0 Å². The van der Waals surface area contributed by atoms with Crippen molar-refractivity contribution in [3.8, 4) is 5.75 Å². The lowest BCUT2D eigenvalue weighted by Gasteiger charge is -2.08. The minimum Gasteiger partial charge on any atom is -0.484 e. The molecule has 2 amide bonds. The van der Waals surface area contributed by atoms with Crippen molar-refractivity contribution in [2.24, 2.45) is 0 Å². The lowest BCUT2D eigenvalue weighted by Crippen LogP contribution is -2.21. The minimum absolute atomic E-state index is 0.105. The Morgan fingerprint density at radius 2 is 1.86 bits per heavy atom. The molecule has 0 saturated heterocycles. The average molecular weight is 363 g/mol. The summed E-state index contributed by atoms with van der Waals surface area (Å²) in [4.78, 5) is 23.4. The molecule has 0 spiro atoms. The standard InChI is InChI=1S/C16H15BrN2O3/c1-18-16(21)11-3-2-4-13(9-11)19-15(20)10-22-14-7-5-12(17)6-8-14/h2-9H,10H2,1H3,(H,18,21)(H,19,20). The van der Waals surface area contributed by atoms with Crippen molar-refractivity contribution < 1.29 is 14.3 Å². The van der Waals surface area contributed by atoms with Gasteiger partial charge in [0.15, 0.2) is 6.61 Å². The number of halogens is 1. The third-order valence-electron chi connectivity index (χ3n) is 2.82. The molecular weight excluding hydrogens is 348 g/mol. The molecule has 22 heavy (non-hydrogen) atoms. The lowest BCUT2D eigenvalue weighted by molar-refractivity contribution is -0.118. The molecule has 6 heteroatoms. The molecule has 0 atom stereocenters. The summed E-state index contributed by atoms with van der Waals surface area (Å²) in [7, 11) is 1.56. The SMILES string of the molecule is CNC(=O)c1cccc(NC(=O)COc2ccc(Br)cc2)c1. The second-order valence-corrected chi connectivity index (χ2v) is 5.37. The van der Waals surface area contributed by atoms with Crippen molar-refractivity contribution in [2.75, 3.05) is 19.0 Å². The van der Waals surface area contributed by atoms with Gasteiger partial charge in [-0.3, -0.25) is 9.59 Å². The van der Waals surface area contributed by atoms with E-state index in [0.29, 0.717) is 17.0 Å². The molecule has 0 aliphatic carbocycles. The number of amides is 2. The molecule has 0 bridgehead atoms. The Morgan fingerprint density at radius 3 is 2.55 bits per heavy atom.